The molecule has 20 rings (SSSR count). The lowest BCUT2D eigenvalue weighted by molar-refractivity contribution is 0.482. The molecule has 12 heteroatoms. The Morgan fingerprint density at radius 3 is 0.739 bits per heavy atom. The molecule has 552 valence electrons. The van der Waals surface area contributed by atoms with E-state index in [2.05, 4.69) is 13.2 Å². The highest BCUT2D eigenvalue weighted by molar-refractivity contribution is 5.99. The van der Waals surface area contributed by atoms with Crippen molar-refractivity contribution < 1.29 is 44.6 Å². The summed E-state index contributed by atoms with van der Waals surface area (Å²) in [4.78, 5) is 2.94. The molecule has 1 spiro atoms. The number of benzene rings is 16. The minimum absolute atomic E-state index is 0.268. The van der Waals surface area contributed by atoms with Gasteiger partial charge in [0.05, 0.1) is 16.2 Å². The number of halogens is 8. The molecule has 4 aliphatic rings. The van der Waals surface area contributed by atoms with Crippen LogP contribution in [0.15, 0.2) is 353 Å². The van der Waals surface area contributed by atoms with Crippen molar-refractivity contribution in [3.8, 4) is 67.5 Å². The fourth-order valence-corrected chi connectivity index (χ4v) is 18.7. The molecule has 0 aromatic heterocycles. The van der Waals surface area contributed by atoms with E-state index in [1.54, 1.807) is 60.7 Å². The van der Waals surface area contributed by atoms with Crippen LogP contribution in [-0.2, 0) is 16.2 Å². The lowest BCUT2D eigenvalue weighted by atomic mass is 9.67. The summed E-state index contributed by atoms with van der Waals surface area (Å²) in [5, 5.41) is 0. The highest BCUT2D eigenvalue weighted by atomic mass is 19.2. The minimum atomic E-state index is -1.31. The summed E-state index contributed by atoms with van der Waals surface area (Å²) in [7, 11) is 0. The Hall–Kier alpha value is -14.4. The van der Waals surface area contributed by atoms with E-state index in [-0.39, 0.29) is 22.7 Å². The summed E-state index contributed by atoms with van der Waals surface area (Å²) in [6, 6.07) is 99.9. The van der Waals surface area contributed by atoms with Crippen LogP contribution in [0, 0.1) is 46.5 Å². The molecule has 0 saturated heterocycles. The van der Waals surface area contributed by atoms with Gasteiger partial charge in [-0.05, 0) is 244 Å². The van der Waals surface area contributed by atoms with Crippen LogP contribution in [0.25, 0.3) is 56.7 Å². The summed E-state index contributed by atoms with van der Waals surface area (Å²) in [5.74, 6) is -5.66. The average molecular weight is 1510 g/mol. The summed E-state index contributed by atoms with van der Waals surface area (Å²) in [6.07, 6.45) is 3.50. The Kier molecular flexibility index (Phi) is 16.4. The lowest BCUT2D eigenvalue weighted by Crippen LogP contribution is -2.29. The van der Waals surface area contributed by atoms with Gasteiger partial charge in [0.2, 0.25) is 0 Å². The van der Waals surface area contributed by atoms with E-state index in [9.17, 15) is 0 Å². The lowest BCUT2D eigenvalue weighted by Gasteiger charge is -2.36. The van der Waals surface area contributed by atoms with Crippen LogP contribution in [0.1, 0.15) is 77.9 Å². The van der Waals surface area contributed by atoms with Crippen molar-refractivity contribution in [1.29, 1.82) is 0 Å². The predicted molar refractivity (Wildman–Crippen MR) is 440 cm³/mol. The van der Waals surface area contributed by atoms with Crippen molar-refractivity contribution in [1.82, 2.24) is 0 Å². The van der Waals surface area contributed by atoms with E-state index in [4.69, 9.17) is 9.47 Å². The van der Waals surface area contributed by atoms with Crippen molar-refractivity contribution in [2.45, 2.75) is 16.2 Å². The van der Waals surface area contributed by atoms with Gasteiger partial charge in [-0.3, -0.25) is 0 Å². The van der Waals surface area contributed by atoms with Crippen molar-refractivity contribution >= 4 is 46.3 Å². The standard InChI is InChI=1S/C103H62F8N2O2/c1-3-61-21-41-75(42-22-61)114-77-45-29-65(30-46-77)101(63-25-33-67(104)34-26-63)87-17-9-5-13-79(87)83-49-37-71(57-91(83)101)112(99-95(108)53-69(106)54-96(99)109)73-39-51-85-81-15-7-11-19-89(81)103(93(85)59-73)90-20-12-8-16-82(90)86-52-40-74(60-94(86)103)113(100-97(110)55-70(107)56-98(100)111)72-38-50-84-80-14-6-10-18-88(80)102(92(84)58-72,64-27-35-68(105)36-28-64)66-31-47-78(48-32-66)115-76-43-23-62(4-2)24-44-76/h3-60H,1-2H2. The zero-order chi connectivity index (χ0) is 78.2. The number of fused-ring (bicyclic) bond motifs is 16. The van der Waals surface area contributed by atoms with E-state index in [1.165, 1.54) is 34.1 Å². The molecule has 0 fully saturated rings. The van der Waals surface area contributed by atoms with Crippen LogP contribution in [-0.4, -0.2) is 0 Å². The maximum Gasteiger partial charge on any atom is 0.153 e. The van der Waals surface area contributed by atoms with Gasteiger partial charge >= 0.3 is 0 Å². The third-order valence-corrected chi connectivity index (χ3v) is 23.4. The largest absolute Gasteiger partial charge is 0.457 e. The van der Waals surface area contributed by atoms with Gasteiger partial charge in [-0.1, -0.05) is 219 Å². The molecule has 0 saturated carbocycles. The number of anilines is 6. The van der Waals surface area contributed by atoms with Gasteiger partial charge in [0.25, 0.3) is 0 Å². The fourth-order valence-electron chi connectivity index (χ4n) is 18.7. The molecule has 0 bridgehead atoms. The molecule has 16 aromatic rings. The average Bonchev–Trinajstić information content (AvgIpc) is 1.39. The maximum atomic E-state index is 17.6. The van der Waals surface area contributed by atoms with Gasteiger partial charge in [0, 0.05) is 47.0 Å². The fraction of sp³-hybridized carbons (Fsp3) is 0.0291. The molecule has 2 unspecified atom stereocenters. The second-order valence-corrected chi connectivity index (χ2v) is 29.3. The Morgan fingerprint density at radius 2 is 0.461 bits per heavy atom. The number of nitrogens with zero attached hydrogens (tertiary/aromatic N) is 2. The minimum Gasteiger partial charge on any atom is -0.457 e. The monoisotopic (exact) mass is 1510 g/mol. The molecule has 4 aliphatic carbocycles. The molecule has 0 N–H and O–H groups in total. The highest BCUT2D eigenvalue weighted by Crippen LogP contribution is 2.66. The molecule has 0 amide bonds. The number of hydrogen-bond acceptors (Lipinski definition) is 4. The molecule has 0 aliphatic heterocycles. The van der Waals surface area contributed by atoms with E-state index < -0.39 is 74.2 Å². The first-order chi connectivity index (χ1) is 56.1. The second-order valence-electron chi connectivity index (χ2n) is 29.3. The number of rotatable bonds is 16. The van der Waals surface area contributed by atoms with Gasteiger partial charge in [-0.15, -0.1) is 0 Å². The molecule has 115 heavy (non-hydrogen) atoms. The summed E-state index contributed by atoms with van der Waals surface area (Å²) in [5.41, 5.74) is 13.5. The van der Waals surface area contributed by atoms with Crippen molar-refractivity contribution in [2.24, 2.45) is 0 Å². The first-order valence-electron chi connectivity index (χ1n) is 37.6. The van der Waals surface area contributed by atoms with Gasteiger partial charge in [0.15, 0.2) is 23.3 Å². The second kappa shape index (κ2) is 27.0. The van der Waals surface area contributed by atoms with E-state index in [1.807, 2.05) is 243 Å². The normalized spacial score (nSPS) is 16.0. The first-order valence-corrected chi connectivity index (χ1v) is 37.6. The maximum absolute atomic E-state index is 17.6. The van der Waals surface area contributed by atoms with Crippen LogP contribution >= 0.6 is 0 Å². The van der Waals surface area contributed by atoms with Crippen LogP contribution < -0.4 is 19.3 Å². The molecule has 0 heterocycles. The summed E-state index contributed by atoms with van der Waals surface area (Å²) in [6.45, 7) is 7.76. The number of hydrogen-bond donors (Lipinski definition) is 0. The third-order valence-electron chi connectivity index (χ3n) is 23.4. The molecule has 16 aromatic carbocycles. The Balaban J connectivity index is 0.784. The van der Waals surface area contributed by atoms with E-state index in [0.717, 1.165) is 89.0 Å². The van der Waals surface area contributed by atoms with Crippen LogP contribution in [0.5, 0.6) is 23.0 Å². The Bertz CT molecular complexity index is 6230. The zero-order valence-electron chi connectivity index (χ0n) is 61.1. The summed E-state index contributed by atoms with van der Waals surface area (Å²) < 4.78 is 145. The Morgan fingerprint density at radius 1 is 0.226 bits per heavy atom. The topological polar surface area (TPSA) is 24.9 Å². The third kappa shape index (κ3) is 10.7. The molecular weight excluding hydrogens is 1450 g/mol. The van der Waals surface area contributed by atoms with Crippen molar-refractivity contribution in [3.05, 3.63) is 477 Å². The van der Waals surface area contributed by atoms with Gasteiger partial charge in [-0.25, -0.2) is 35.1 Å². The van der Waals surface area contributed by atoms with Gasteiger partial charge in [-0.2, -0.15) is 0 Å². The van der Waals surface area contributed by atoms with Gasteiger partial charge in [0.1, 0.15) is 57.6 Å². The van der Waals surface area contributed by atoms with E-state index >= 15 is 35.1 Å². The highest BCUT2D eigenvalue weighted by Gasteiger charge is 2.54. The van der Waals surface area contributed by atoms with Crippen LogP contribution in [0.3, 0.4) is 0 Å². The quantitative estimate of drug-likeness (QED) is 0.0900. The van der Waals surface area contributed by atoms with E-state index in [0.29, 0.717) is 80.6 Å². The number of ether oxygens (including phenoxy) is 2. The molecular formula is C103H62F8N2O2. The molecule has 2 atom stereocenters. The summed E-state index contributed by atoms with van der Waals surface area (Å²) >= 11 is 0. The SMILES string of the molecule is C=Cc1ccc(Oc2ccc(C3(c4ccc(F)cc4)c4ccccc4-c4ccc(N(c5ccc6c(c5)C5(c7ccccc7-6)c6ccccc6-c6ccc(N(c7ccc8c(c7)C(c7ccc(F)cc7)(c7ccc(Oc9ccc(C=C)cc9)cc7)c7ccccc7-8)c7c(F)cc(F)cc7F)cc65)c5c(F)cc(F)cc5F)cc43)cc2)cc1. The predicted octanol–water partition coefficient (Wildman–Crippen LogP) is 27.7. The molecule has 4 nitrogen and oxygen atoms in total. The zero-order valence-corrected chi connectivity index (χ0v) is 61.1. The van der Waals surface area contributed by atoms with Crippen LogP contribution in [0.4, 0.5) is 69.2 Å². The smallest absolute Gasteiger partial charge is 0.153 e. The molecule has 0 radical (unpaired) electrons. The van der Waals surface area contributed by atoms with Crippen LogP contribution in [0.2, 0.25) is 0 Å². The Labute approximate surface area is 658 Å². The van der Waals surface area contributed by atoms with Crippen molar-refractivity contribution in [2.75, 3.05) is 9.80 Å². The van der Waals surface area contributed by atoms with Gasteiger partial charge < -0.3 is 19.3 Å². The first kappa shape index (κ1) is 69.8. The van der Waals surface area contributed by atoms with Crippen molar-refractivity contribution in [3.63, 3.8) is 0 Å².